The Kier molecular flexibility index (Phi) is 7.30. The maximum atomic E-state index is 12.0. The van der Waals surface area contributed by atoms with Crippen LogP contribution in [-0.4, -0.2) is 29.8 Å². The summed E-state index contributed by atoms with van der Waals surface area (Å²) >= 11 is 3.35. The highest BCUT2D eigenvalue weighted by molar-refractivity contribution is 9.10. The number of rotatable bonds is 7. The number of carbonyl (C=O) groups excluding carboxylic acids is 2. The summed E-state index contributed by atoms with van der Waals surface area (Å²) in [6.45, 7) is 4.34. The highest BCUT2D eigenvalue weighted by Crippen LogP contribution is 2.15. The topological polar surface area (TPSA) is 49.4 Å². The Morgan fingerprint density at radius 1 is 1.30 bits per heavy atom. The third-order valence-electron chi connectivity index (χ3n) is 2.92. The molecule has 1 aromatic rings. The quantitative estimate of drug-likeness (QED) is 0.773. The highest BCUT2D eigenvalue weighted by Gasteiger charge is 2.13. The third-order valence-corrected chi connectivity index (χ3v) is 3.41. The van der Waals surface area contributed by atoms with E-state index in [9.17, 15) is 9.59 Å². The lowest BCUT2D eigenvalue weighted by molar-refractivity contribution is -0.132. The first-order valence-corrected chi connectivity index (χ1v) is 7.63. The zero-order chi connectivity index (χ0) is 15.0. The Morgan fingerprint density at radius 2 is 2.05 bits per heavy atom. The maximum Gasteiger partial charge on any atom is 0.243 e. The van der Waals surface area contributed by atoms with Gasteiger partial charge in [-0.1, -0.05) is 41.8 Å². The van der Waals surface area contributed by atoms with Gasteiger partial charge in [0.2, 0.25) is 11.8 Å². The van der Waals surface area contributed by atoms with Crippen molar-refractivity contribution in [3.63, 3.8) is 0 Å². The summed E-state index contributed by atoms with van der Waals surface area (Å²) in [4.78, 5) is 25.1. The number of amides is 2. The van der Waals surface area contributed by atoms with Crippen LogP contribution in [0.5, 0.6) is 0 Å². The number of benzene rings is 1. The molecule has 0 saturated heterocycles. The molecule has 20 heavy (non-hydrogen) atoms. The van der Waals surface area contributed by atoms with Crippen LogP contribution in [0.3, 0.4) is 0 Å². The van der Waals surface area contributed by atoms with Gasteiger partial charge >= 0.3 is 0 Å². The van der Waals surface area contributed by atoms with Crippen LogP contribution in [0.4, 0.5) is 5.69 Å². The summed E-state index contributed by atoms with van der Waals surface area (Å²) in [7, 11) is 0. The van der Waals surface area contributed by atoms with Gasteiger partial charge in [-0.2, -0.15) is 0 Å². The van der Waals surface area contributed by atoms with E-state index in [0.717, 1.165) is 29.4 Å². The second-order valence-corrected chi connectivity index (χ2v) is 5.62. The van der Waals surface area contributed by atoms with Gasteiger partial charge in [-0.05, 0) is 24.6 Å². The molecule has 0 aliphatic carbocycles. The summed E-state index contributed by atoms with van der Waals surface area (Å²) in [5, 5.41) is 2.80. The number of halogens is 1. The Morgan fingerprint density at radius 3 is 2.65 bits per heavy atom. The summed E-state index contributed by atoms with van der Waals surface area (Å²) in [6, 6.07) is 7.39. The van der Waals surface area contributed by atoms with Gasteiger partial charge in [0.1, 0.15) is 0 Å². The number of unbranched alkanes of at least 4 members (excludes halogenated alkanes) is 2. The molecule has 1 aromatic carbocycles. The first-order chi connectivity index (χ1) is 9.52. The fourth-order valence-corrected chi connectivity index (χ4v) is 2.24. The molecule has 0 aromatic heterocycles. The maximum absolute atomic E-state index is 12.0. The van der Waals surface area contributed by atoms with Gasteiger partial charge in [-0.25, -0.2) is 0 Å². The van der Waals surface area contributed by atoms with E-state index in [1.807, 2.05) is 24.3 Å². The highest BCUT2D eigenvalue weighted by atomic mass is 79.9. The van der Waals surface area contributed by atoms with Crippen molar-refractivity contribution in [2.75, 3.05) is 18.4 Å². The Balaban J connectivity index is 2.51. The van der Waals surface area contributed by atoms with Crippen molar-refractivity contribution >= 4 is 33.4 Å². The van der Waals surface area contributed by atoms with Crippen molar-refractivity contribution < 1.29 is 9.59 Å². The lowest BCUT2D eigenvalue weighted by atomic mass is 10.2. The van der Waals surface area contributed by atoms with Gasteiger partial charge in [0.15, 0.2) is 0 Å². The monoisotopic (exact) mass is 340 g/mol. The average Bonchev–Trinajstić information content (AvgIpc) is 2.37. The van der Waals surface area contributed by atoms with Gasteiger partial charge in [0.25, 0.3) is 0 Å². The molecule has 0 radical (unpaired) electrons. The second kappa shape index (κ2) is 8.74. The van der Waals surface area contributed by atoms with Crippen LogP contribution in [0.2, 0.25) is 0 Å². The first-order valence-electron chi connectivity index (χ1n) is 6.84. The molecule has 0 saturated carbocycles. The first kappa shape index (κ1) is 16.7. The molecule has 1 N–H and O–H groups in total. The van der Waals surface area contributed by atoms with Crippen molar-refractivity contribution in [1.29, 1.82) is 0 Å². The number of nitrogens with zero attached hydrogens (tertiary/aromatic N) is 1. The molecule has 4 nitrogen and oxygen atoms in total. The molecule has 5 heteroatoms. The van der Waals surface area contributed by atoms with Crippen LogP contribution >= 0.6 is 15.9 Å². The van der Waals surface area contributed by atoms with E-state index in [-0.39, 0.29) is 18.4 Å². The third kappa shape index (κ3) is 6.19. The van der Waals surface area contributed by atoms with Crippen molar-refractivity contribution in [3.8, 4) is 0 Å². The van der Waals surface area contributed by atoms with E-state index >= 15 is 0 Å². The smallest absolute Gasteiger partial charge is 0.243 e. The van der Waals surface area contributed by atoms with Crippen LogP contribution in [0, 0.1) is 0 Å². The molecule has 0 aliphatic heterocycles. The molecule has 0 spiro atoms. The summed E-state index contributed by atoms with van der Waals surface area (Å²) in [5.41, 5.74) is 0.724. The van der Waals surface area contributed by atoms with Crippen molar-refractivity contribution in [2.24, 2.45) is 0 Å². The standard InChI is InChI=1S/C15H21BrN2O2/c1-3-4-5-9-18(12(2)19)11-15(20)17-14-8-6-7-13(16)10-14/h6-8,10H,3-5,9,11H2,1-2H3,(H,17,20). The number of hydrogen-bond donors (Lipinski definition) is 1. The van der Waals surface area contributed by atoms with Crippen molar-refractivity contribution in [3.05, 3.63) is 28.7 Å². The lowest BCUT2D eigenvalue weighted by Crippen LogP contribution is -2.37. The van der Waals surface area contributed by atoms with Gasteiger partial charge in [-0.15, -0.1) is 0 Å². The number of anilines is 1. The zero-order valence-corrected chi connectivity index (χ0v) is 13.6. The molecule has 1 rings (SSSR count). The van der Waals surface area contributed by atoms with Crippen LogP contribution in [0.15, 0.2) is 28.7 Å². The largest absolute Gasteiger partial charge is 0.334 e. The van der Waals surface area contributed by atoms with E-state index in [2.05, 4.69) is 28.2 Å². The van der Waals surface area contributed by atoms with Gasteiger partial charge in [0, 0.05) is 23.6 Å². The minimum absolute atomic E-state index is 0.0644. The molecule has 0 bridgehead atoms. The molecule has 0 fully saturated rings. The summed E-state index contributed by atoms with van der Waals surface area (Å²) < 4.78 is 0.904. The minimum atomic E-state index is -0.171. The lowest BCUT2D eigenvalue weighted by Gasteiger charge is -2.20. The average molecular weight is 341 g/mol. The van der Waals surface area contributed by atoms with Crippen molar-refractivity contribution in [2.45, 2.75) is 33.1 Å². The molecule has 0 heterocycles. The number of nitrogens with one attached hydrogen (secondary N) is 1. The molecular formula is C15H21BrN2O2. The van der Waals surface area contributed by atoms with Gasteiger partial charge < -0.3 is 10.2 Å². The number of hydrogen-bond acceptors (Lipinski definition) is 2. The molecular weight excluding hydrogens is 320 g/mol. The van der Waals surface area contributed by atoms with E-state index < -0.39 is 0 Å². The fraction of sp³-hybridized carbons (Fsp3) is 0.467. The van der Waals surface area contributed by atoms with E-state index in [1.165, 1.54) is 6.92 Å². The second-order valence-electron chi connectivity index (χ2n) is 4.71. The minimum Gasteiger partial charge on any atom is -0.334 e. The number of carbonyl (C=O) groups is 2. The van der Waals surface area contributed by atoms with E-state index in [4.69, 9.17) is 0 Å². The SMILES string of the molecule is CCCCCN(CC(=O)Nc1cccc(Br)c1)C(C)=O. The van der Waals surface area contributed by atoms with E-state index in [0.29, 0.717) is 6.54 Å². The predicted molar refractivity (Wildman–Crippen MR) is 84.6 cm³/mol. The molecule has 0 aliphatic rings. The Bertz CT molecular complexity index is 463. The van der Waals surface area contributed by atoms with Crippen molar-refractivity contribution in [1.82, 2.24) is 4.90 Å². The van der Waals surface area contributed by atoms with Gasteiger partial charge in [0.05, 0.1) is 6.54 Å². The molecule has 2 amide bonds. The molecule has 0 unspecified atom stereocenters. The summed E-state index contributed by atoms with van der Waals surface area (Å²) in [6.07, 6.45) is 3.09. The van der Waals surface area contributed by atoms with Crippen LogP contribution in [0.1, 0.15) is 33.1 Å². The summed E-state index contributed by atoms with van der Waals surface area (Å²) in [5.74, 6) is -0.236. The molecule has 110 valence electrons. The predicted octanol–water partition coefficient (Wildman–Crippen LogP) is 3.43. The van der Waals surface area contributed by atoms with Crippen LogP contribution in [-0.2, 0) is 9.59 Å². The fourth-order valence-electron chi connectivity index (χ4n) is 1.84. The molecule has 0 atom stereocenters. The Hall–Kier alpha value is -1.36. The zero-order valence-electron chi connectivity index (χ0n) is 12.0. The normalized spacial score (nSPS) is 10.2. The van der Waals surface area contributed by atoms with E-state index in [1.54, 1.807) is 4.90 Å². The Labute approximate surface area is 128 Å². The van der Waals surface area contributed by atoms with Gasteiger partial charge in [-0.3, -0.25) is 9.59 Å². The van der Waals surface area contributed by atoms with Crippen LogP contribution < -0.4 is 5.32 Å². The van der Waals surface area contributed by atoms with Crippen LogP contribution in [0.25, 0.3) is 0 Å².